The summed E-state index contributed by atoms with van der Waals surface area (Å²) in [6.07, 6.45) is 10.8. The molecule has 4 nitrogen and oxygen atoms in total. The van der Waals surface area contributed by atoms with Crippen molar-refractivity contribution in [3.63, 3.8) is 0 Å². The first-order valence-electron chi connectivity index (χ1n) is 10.2. The molecule has 2 saturated carbocycles. The van der Waals surface area contributed by atoms with Crippen LogP contribution in [0.5, 0.6) is 0 Å². The molecule has 138 valence electrons. The van der Waals surface area contributed by atoms with Crippen LogP contribution >= 0.6 is 0 Å². The van der Waals surface area contributed by atoms with Gasteiger partial charge in [0.25, 0.3) is 0 Å². The van der Waals surface area contributed by atoms with Gasteiger partial charge in [-0.1, -0.05) is 13.8 Å². The van der Waals surface area contributed by atoms with E-state index >= 15 is 0 Å². The summed E-state index contributed by atoms with van der Waals surface area (Å²) in [7, 11) is 0. The lowest BCUT2D eigenvalue weighted by molar-refractivity contribution is -0.156. The molecule has 2 aromatic heterocycles. The van der Waals surface area contributed by atoms with Gasteiger partial charge in [0.15, 0.2) is 0 Å². The standard InChI is InChI=1S/C22H29N3O/c1-13-4-18-19(12-24-21(18)23-11-13)14(2)5-20(26)25-16-6-15-7-17(25)10-22(3,8-15)9-16/h4,11-12,14-17H,5-10H2,1-3H3,(H,23,24). The van der Waals surface area contributed by atoms with Crippen LogP contribution in [-0.2, 0) is 4.79 Å². The maximum Gasteiger partial charge on any atom is 0.223 e. The fraction of sp³-hybridized carbons (Fsp3) is 0.636. The lowest BCUT2D eigenvalue weighted by Gasteiger charge is -2.61. The van der Waals surface area contributed by atoms with Gasteiger partial charge in [-0.05, 0) is 73.5 Å². The van der Waals surface area contributed by atoms with Crippen LogP contribution in [0.1, 0.15) is 69.4 Å². The normalized spacial score (nSPS) is 33.8. The molecule has 4 bridgehead atoms. The van der Waals surface area contributed by atoms with Gasteiger partial charge in [-0.2, -0.15) is 0 Å². The molecule has 0 radical (unpaired) electrons. The quantitative estimate of drug-likeness (QED) is 0.882. The highest BCUT2D eigenvalue weighted by atomic mass is 16.2. The molecule has 4 heteroatoms. The Labute approximate surface area is 155 Å². The molecule has 3 atom stereocenters. The molecule has 6 rings (SSSR count). The van der Waals surface area contributed by atoms with Crippen molar-refractivity contribution < 1.29 is 4.79 Å². The van der Waals surface area contributed by atoms with Crippen LogP contribution in [0.25, 0.3) is 11.0 Å². The molecule has 0 spiro atoms. The van der Waals surface area contributed by atoms with Crippen molar-refractivity contribution in [3.8, 4) is 0 Å². The van der Waals surface area contributed by atoms with E-state index in [9.17, 15) is 4.79 Å². The minimum Gasteiger partial charge on any atom is -0.346 e. The molecule has 2 aliphatic heterocycles. The van der Waals surface area contributed by atoms with Crippen molar-refractivity contribution in [1.82, 2.24) is 14.9 Å². The number of pyridine rings is 1. The van der Waals surface area contributed by atoms with E-state index in [1.54, 1.807) is 0 Å². The van der Waals surface area contributed by atoms with Crippen LogP contribution in [0.4, 0.5) is 0 Å². The minimum absolute atomic E-state index is 0.215. The van der Waals surface area contributed by atoms with E-state index in [0.29, 0.717) is 29.8 Å². The van der Waals surface area contributed by atoms with E-state index in [4.69, 9.17) is 0 Å². The third kappa shape index (κ3) is 2.49. The molecule has 4 aliphatic rings. The molecular weight excluding hydrogens is 322 g/mol. The summed E-state index contributed by atoms with van der Waals surface area (Å²) in [6, 6.07) is 3.18. The number of nitrogens with zero attached hydrogens (tertiary/aromatic N) is 2. The number of aromatic amines is 1. The van der Waals surface area contributed by atoms with Crippen molar-refractivity contribution in [2.24, 2.45) is 11.3 Å². The fourth-order valence-corrected chi connectivity index (χ4v) is 6.43. The highest BCUT2D eigenvalue weighted by Gasteiger charge is 2.53. The third-order valence-electron chi connectivity index (χ3n) is 7.24. The summed E-state index contributed by atoms with van der Waals surface area (Å²) < 4.78 is 0. The number of piperidine rings is 2. The topological polar surface area (TPSA) is 49.0 Å². The summed E-state index contributed by atoms with van der Waals surface area (Å²) in [6.45, 7) is 6.70. The van der Waals surface area contributed by atoms with Gasteiger partial charge < -0.3 is 9.88 Å². The maximum atomic E-state index is 13.2. The van der Waals surface area contributed by atoms with Crippen LogP contribution < -0.4 is 0 Å². The number of amides is 1. The third-order valence-corrected chi connectivity index (χ3v) is 7.24. The van der Waals surface area contributed by atoms with Gasteiger partial charge >= 0.3 is 0 Å². The second-order valence-electron chi connectivity index (χ2n) is 9.63. The first-order chi connectivity index (χ1) is 12.4. The predicted molar refractivity (Wildman–Crippen MR) is 103 cm³/mol. The highest BCUT2D eigenvalue weighted by molar-refractivity contribution is 5.83. The van der Waals surface area contributed by atoms with Crippen molar-refractivity contribution in [3.05, 3.63) is 29.6 Å². The zero-order valence-corrected chi connectivity index (χ0v) is 16.1. The van der Waals surface area contributed by atoms with Crippen LogP contribution in [0.15, 0.2) is 18.5 Å². The number of aromatic nitrogens is 2. The zero-order valence-electron chi connectivity index (χ0n) is 16.1. The number of rotatable bonds is 3. The number of hydrogen-bond donors (Lipinski definition) is 1. The summed E-state index contributed by atoms with van der Waals surface area (Å²) in [5, 5.41) is 1.16. The van der Waals surface area contributed by atoms with Crippen molar-refractivity contribution >= 4 is 16.9 Å². The number of carbonyl (C=O) groups is 1. The van der Waals surface area contributed by atoms with Gasteiger partial charge in [-0.25, -0.2) is 4.98 Å². The van der Waals surface area contributed by atoms with E-state index in [1.807, 2.05) is 12.4 Å². The van der Waals surface area contributed by atoms with Crippen molar-refractivity contribution in [1.29, 1.82) is 0 Å². The smallest absolute Gasteiger partial charge is 0.223 e. The average molecular weight is 351 g/mol. The summed E-state index contributed by atoms with van der Waals surface area (Å²) in [4.78, 5) is 23.3. The molecule has 1 N–H and O–H groups in total. The minimum atomic E-state index is 0.215. The highest BCUT2D eigenvalue weighted by Crippen LogP contribution is 2.56. The second-order valence-corrected chi connectivity index (χ2v) is 9.63. The van der Waals surface area contributed by atoms with Gasteiger partial charge in [0.2, 0.25) is 5.91 Å². The Balaban J connectivity index is 1.36. The van der Waals surface area contributed by atoms with E-state index in [-0.39, 0.29) is 5.92 Å². The molecule has 2 aliphatic carbocycles. The number of carbonyl (C=O) groups excluding carboxylic acids is 1. The fourth-order valence-electron chi connectivity index (χ4n) is 6.43. The van der Waals surface area contributed by atoms with Crippen molar-refractivity contribution in [2.75, 3.05) is 0 Å². The Bertz CT molecular complexity index is 853. The summed E-state index contributed by atoms with van der Waals surface area (Å²) in [5.41, 5.74) is 3.81. The Morgan fingerprint density at radius 3 is 2.77 bits per heavy atom. The SMILES string of the molecule is Cc1cnc2[nH]cc(C(C)CC(=O)N3C4CC5CC3CC(C)(C5)C4)c2c1. The Hall–Kier alpha value is -1.84. The largest absolute Gasteiger partial charge is 0.346 e. The van der Waals surface area contributed by atoms with Gasteiger partial charge in [0.1, 0.15) is 5.65 Å². The average Bonchev–Trinajstić information content (AvgIpc) is 2.95. The van der Waals surface area contributed by atoms with E-state index in [2.05, 4.69) is 41.7 Å². The molecule has 26 heavy (non-hydrogen) atoms. The summed E-state index contributed by atoms with van der Waals surface area (Å²) >= 11 is 0. The number of hydrogen-bond acceptors (Lipinski definition) is 2. The first-order valence-corrected chi connectivity index (χ1v) is 10.2. The van der Waals surface area contributed by atoms with Crippen molar-refractivity contribution in [2.45, 2.75) is 77.3 Å². The zero-order chi connectivity index (χ0) is 18.1. The van der Waals surface area contributed by atoms with E-state index < -0.39 is 0 Å². The van der Waals surface area contributed by atoms with Crippen LogP contribution in [0, 0.1) is 18.3 Å². The summed E-state index contributed by atoms with van der Waals surface area (Å²) in [5.74, 6) is 1.44. The number of H-pyrrole nitrogens is 1. The van der Waals surface area contributed by atoms with E-state index in [0.717, 1.165) is 22.5 Å². The maximum absolute atomic E-state index is 13.2. The second kappa shape index (κ2) is 5.58. The molecule has 4 heterocycles. The molecule has 2 saturated heterocycles. The number of nitrogens with one attached hydrogen (secondary N) is 1. The van der Waals surface area contributed by atoms with Gasteiger partial charge in [-0.15, -0.1) is 0 Å². The van der Waals surface area contributed by atoms with Gasteiger partial charge in [0, 0.05) is 36.3 Å². The van der Waals surface area contributed by atoms with E-state index in [1.165, 1.54) is 37.7 Å². The molecule has 4 fully saturated rings. The van der Waals surface area contributed by atoms with Gasteiger partial charge in [0.05, 0.1) is 0 Å². The molecular formula is C22H29N3O. The molecule has 3 unspecified atom stereocenters. The number of fused-ring (bicyclic) bond motifs is 1. The Kier molecular flexibility index (Phi) is 3.51. The molecule has 0 aromatic carbocycles. The first kappa shape index (κ1) is 16.3. The Morgan fingerprint density at radius 2 is 2.08 bits per heavy atom. The predicted octanol–water partition coefficient (Wildman–Crippen LogP) is 4.54. The molecule has 1 amide bonds. The van der Waals surface area contributed by atoms with Crippen LogP contribution in [-0.4, -0.2) is 32.9 Å². The van der Waals surface area contributed by atoms with Crippen LogP contribution in [0.2, 0.25) is 0 Å². The monoisotopic (exact) mass is 351 g/mol. The lowest BCUT2D eigenvalue weighted by atomic mass is 9.56. The van der Waals surface area contributed by atoms with Gasteiger partial charge in [-0.3, -0.25) is 4.79 Å². The molecule has 2 aromatic rings. The van der Waals surface area contributed by atoms with Crippen LogP contribution in [0.3, 0.4) is 0 Å². The lowest BCUT2D eigenvalue weighted by Crippen LogP contribution is -2.62. The Morgan fingerprint density at radius 1 is 1.35 bits per heavy atom. The number of aryl methyl sites for hydroxylation is 1.